The Bertz CT molecular complexity index is 637. The standard InChI is InChI=1S/C14H21NO5S/c1-8(2)12(7-16)15-21(19,20)13-6-11(14(17)18)9(3)5-10(13)4/h5-6,8,12,15-16H,7H2,1-4H3,(H,17,18)/t12-/m1/s1. The van der Waals surface area contributed by atoms with Gasteiger partial charge in [-0.25, -0.2) is 17.9 Å². The third kappa shape index (κ3) is 4.03. The molecule has 21 heavy (non-hydrogen) atoms. The second-order valence-corrected chi connectivity index (χ2v) is 7.07. The van der Waals surface area contributed by atoms with Gasteiger partial charge in [0.1, 0.15) is 0 Å². The van der Waals surface area contributed by atoms with Crippen molar-refractivity contribution in [2.75, 3.05) is 6.61 Å². The van der Waals surface area contributed by atoms with Gasteiger partial charge in [0.25, 0.3) is 0 Å². The Hall–Kier alpha value is -1.44. The topological polar surface area (TPSA) is 104 Å². The summed E-state index contributed by atoms with van der Waals surface area (Å²) in [5.41, 5.74) is 0.915. The van der Waals surface area contributed by atoms with E-state index in [1.54, 1.807) is 27.7 Å². The average molecular weight is 315 g/mol. The van der Waals surface area contributed by atoms with Crippen molar-refractivity contribution >= 4 is 16.0 Å². The molecule has 7 heteroatoms. The Labute approximate surface area is 124 Å². The predicted octanol–water partition coefficient (Wildman–Crippen LogP) is 1.30. The number of sulfonamides is 1. The fraction of sp³-hybridized carbons (Fsp3) is 0.500. The van der Waals surface area contributed by atoms with Crippen LogP contribution in [0.1, 0.15) is 35.3 Å². The Kier molecular flexibility index (Phi) is 5.49. The molecule has 1 rings (SSSR count). The van der Waals surface area contributed by atoms with Crippen molar-refractivity contribution in [3.8, 4) is 0 Å². The summed E-state index contributed by atoms with van der Waals surface area (Å²) in [6.07, 6.45) is 0. The number of benzene rings is 1. The molecule has 0 saturated carbocycles. The molecule has 1 aromatic rings. The zero-order chi connectivity index (χ0) is 16.4. The van der Waals surface area contributed by atoms with E-state index in [0.29, 0.717) is 11.1 Å². The van der Waals surface area contributed by atoms with E-state index in [2.05, 4.69) is 4.72 Å². The SMILES string of the molecule is Cc1cc(C)c(S(=O)(=O)N[C@H](CO)C(C)C)cc1C(=O)O. The van der Waals surface area contributed by atoms with Crippen LogP contribution in [0.15, 0.2) is 17.0 Å². The first kappa shape index (κ1) is 17.6. The number of nitrogens with one attached hydrogen (secondary N) is 1. The number of hydrogen-bond donors (Lipinski definition) is 3. The number of aryl methyl sites for hydroxylation is 2. The van der Waals surface area contributed by atoms with E-state index in [9.17, 15) is 18.3 Å². The van der Waals surface area contributed by atoms with Crippen molar-refractivity contribution in [2.24, 2.45) is 5.92 Å². The molecule has 0 aliphatic rings. The second-order valence-electron chi connectivity index (χ2n) is 5.39. The number of aromatic carboxylic acids is 1. The first-order chi connectivity index (χ1) is 9.60. The molecular weight excluding hydrogens is 294 g/mol. The van der Waals surface area contributed by atoms with Gasteiger partial charge in [-0.3, -0.25) is 0 Å². The van der Waals surface area contributed by atoms with Crippen molar-refractivity contribution in [1.82, 2.24) is 4.72 Å². The lowest BCUT2D eigenvalue weighted by atomic mass is 10.1. The quantitative estimate of drug-likeness (QED) is 0.734. The van der Waals surface area contributed by atoms with Crippen LogP contribution >= 0.6 is 0 Å². The van der Waals surface area contributed by atoms with Gasteiger partial charge >= 0.3 is 5.97 Å². The number of aliphatic hydroxyl groups is 1. The summed E-state index contributed by atoms with van der Waals surface area (Å²) in [5, 5.41) is 18.3. The molecule has 0 fully saturated rings. The maximum atomic E-state index is 12.4. The summed E-state index contributed by atoms with van der Waals surface area (Å²) in [5.74, 6) is -1.26. The lowest BCUT2D eigenvalue weighted by Crippen LogP contribution is -2.41. The third-order valence-corrected chi connectivity index (χ3v) is 4.98. The van der Waals surface area contributed by atoms with Crippen LogP contribution in [-0.4, -0.2) is 37.2 Å². The average Bonchev–Trinajstić information content (AvgIpc) is 2.34. The molecule has 0 bridgehead atoms. The number of aliphatic hydroxyl groups excluding tert-OH is 1. The van der Waals surface area contributed by atoms with Gasteiger partial charge in [-0.05, 0) is 37.0 Å². The first-order valence-corrected chi connectivity index (χ1v) is 8.06. The number of carbonyl (C=O) groups is 1. The molecular formula is C14H21NO5S. The summed E-state index contributed by atoms with van der Waals surface area (Å²) in [4.78, 5) is 11.1. The van der Waals surface area contributed by atoms with Crippen molar-refractivity contribution in [2.45, 2.75) is 38.6 Å². The van der Waals surface area contributed by atoms with Gasteiger partial charge in [0.05, 0.1) is 17.1 Å². The summed E-state index contributed by atoms with van der Waals surface area (Å²) in [6, 6.07) is 2.06. The highest BCUT2D eigenvalue weighted by Gasteiger charge is 2.25. The number of carboxylic acids is 1. The first-order valence-electron chi connectivity index (χ1n) is 6.58. The van der Waals surface area contributed by atoms with Crippen LogP contribution in [0.2, 0.25) is 0 Å². The van der Waals surface area contributed by atoms with Crippen molar-refractivity contribution < 1.29 is 23.4 Å². The van der Waals surface area contributed by atoms with Crippen molar-refractivity contribution in [1.29, 1.82) is 0 Å². The van der Waals surface area contributed by atoms with Gasteiger partial charge in [0.15, 0.2) is 0 Å². The van der Waals surface area contributed by atoms with E-state index in [-0.39, 0.29) is 23.0 Å². The molecule has 0 amide bonds. The highest BCUT2D eigenvalue weighted by Crippen LogP contribution is 2.21. The second kappa shape index (κ2) is 6.55. The molecule has 0 spiro atoms. The van der Waals surface area contributed by atoms with Gasteiger partial charge < -0.3 is 10.2 Å². The van der Waals surface area contributed by atoms with Gasteiger partial charge in [-0.1, -0.05) is 19.9 Å². The summed E-state index contributed by atoms with van der Waals surface area (Å²) < 4.78 is 27.2. The molecule has 0 aliphatic heterocycles. The highest BCUT2D eigenvalue weighted by molar-refractivity contribution is 7.89. The number of rotatable bonds is 6. The van der Waals surface area contributed by atoms with E-state index in [4.69, 9.17) is 5.11 Å². The lowest BCUT2D eigenvalue weighted by Gasteiger charge is -2.21. The van der Waals surface area contributed by atoms with Crippen molar-refractivity contribution in [3.05, 3.63) is 28.8 Å². The number of carboxylic acid groups (broad SMARTS) is 1. The minimum absolute atomic E-state index is 0.0499. The minimum Gasteiger partial charge on any atom is -0.478 e. The van der Waals surface area contributed by atoms with Crippen molar-refractivity contribution in [3.63, 3.8) is 0 Å². The van der Waals surface area contributed by atoms with E-state index in [1.165, 1.54) is 6.07 Å². The lowest BCUT2D eigenvalue weighted by molar-refractivity contribution is 0.0696. The maximum absolute atomic E-state index is 12.4. The zero-order valence-corrected chi connectivity index (χ0v) is 13.4. The van der Waals surface area contributed by atoms with Crippen LogP contribution < -0.4 is 4.72 Å². The molecule has 0 heterocycles. The van der Waals surface area contributed by atoms with Crippen LogP contribution in [0, 0.1) is 19.8 Å². The van der Waals surface area contributed by atoms with Crippen LogP contribution in [-0.2, 0) is 10.0 Å². The summed E-state index contributed by atoms with van der Waals surface area (Å²) >= 11 is 0. The van der Waals surface area contributed by atoms with Gasteiger partial charge in [0.2, 0.25) is 10.0 Å². The highest BCUT2D eigenvalue weighted by atomic mass is 32.2. The molecule has 0 saturated heterocycles. The Morgan fingerprint density at radius 2 is 1.81 bits per heavy atom. The molecule has 1 atom stereocenters. The third-order valence-electron chi connectivity index (χ3n) is 3.35. The molecule has 1 aromatic carbocycles. The molecule has 118 valence electrons. The van der Waals surface area contributed by atoms with Gasteiger partial charge in [-0.15, -0.1) is 0 Å². The smallest absolute Gasteiger partial charge is 0.335 e. The Morgan fingerprint density at radius 1 is 1.24 bits per heavy atom. The van der Waals surface area contributed by atoms with Crippen LogP contribution in [0.5, 0.6) is 0 Å². The summed E-state index contributed by atoms with van der Waals surface area (Å²) in [6.45, 7) is 6.47. The Balaban J connectivity index is 3.31. The normalized spacial score (nSPS) is 13.4. The predicted molar refractivity (Wildman–Crippen MR) is 78.9 cm³/mol. The number of hydrogen-bond acceptors (Lipinski definition) is 4. The van der Waals surface area contributed by atoms with E-state index in [1.807, 2.05) is 0 Å². The largest absolute Gasteiger partial charge is 0.478 e. The molecule has 6 nitrogen and oxygen atoms in total. The van der Waals surface area contributed by atoms with Gasteiger partial charge in [0, 0.05) is 6.04 Å². The minimum atomic E-state index is -3.89. The Morgan fingerprint density at radius 3 is 2.24 bits per heavy atom. The fourth-order valence-electron chi connectivity index (χ4n) is 2.00. The summed E-state index contributed by atoms with van der Waals surface area (Å²) in [7, 11) is -3.89. The van der Waals surface area contributed by atoms with Crippen LogP contribution in [0.25, 0.3) is 0 Å². The van der Waals surface area contributed by atoms with E-state index in [0.717, 1.165) is 6.07 Å². The molecule has 0 aromatic heterocycles. The zero-order valence-electron chi connectivity index (χ0n) is 12.5. The maximum Gasteiger partial charge on any atom is 0.335 e. The van der Waals surface area contributed by atoms with Gasteiger partial charge in [-0.2, -0.15) is 0 Å². The molecule has 3 N–H and O–H groups in total. The fourth-order valence-corrected chi connectivity index (χ4v) is 3.63. The van der Waals surface area contributed by atoms with E-state index < -0.39 is 22.0 Å². The monoisotopic (exact) mass is 315 g/mol. The van der Waals surface area contributed by atoms with Crippen LogP contribution in [0.3, 0.4) is 0 Å². The molecule has 0 radical (unpaired) electrons. The molecule has 0 unspecified atom stereocenters. The van der Waals surface area contributed by atoms with E-state index >= 15 is 0 Å². The molecule has 0 aliphatic carbocycles. The van der Waals surface area contributed by atoms with Crippen LogP contribution in [0.4, 0.5) is 0 Å².